The van der Waals surface area contributed by atoms with Crippen LogP contribution in [0.5, 0.6) is 0 Å². The van der Waals surface area contributed by atoms with Gasteiger partial charge in [-0.15, -0.1) is 0 Å². The molecule has 0 unspecified atom stereocenters. The minimum Gasteiger partial charge on any atom is -0.349 e. The normalized spacial score (nSPS) is 13.4. The summed E-state index contributed by atoms with van der Waals surface area (Å²) in [5, 5.41) is 5.88. The Bertz CT molecular complexity index is 1370. The van der Waals surface area contributed by atoms with E-state index in [0.717, 1.165) is 45.7 Å². The summed E-state index contributed by atoms with van der Waals surface area (Å²) >= 11 is 6.30. The number of carbonyl (C=O) groups excluding carboxylic acids is 3. The SMILES string of the molecule is CCc1cccc(CC)c1NC(=O)c1ccc(C)c(NC2=C(Cl)C(=O)N(c3ccc(C)cc3)C2=O)c1. The number of rotatable bonds is 7. The van der Waals surface area contributed by atoms with Gasteiger partial charge in [0.15, 0.2) is 0 Å². The molecule has 3 aromatic carbocycles. The van der Waals surface area contributed by atoms with Crippen molar-refractivity contribution in [2.45, 2.75) is 40.5 Å². The van der Waals surface area contributed by atoms with Crippen molar-refractivity contribution in [3.63, 3.8) is 0 Å². The first-order valence-corrected chi connectivity index (χ1v) is 12.3. The van der Waals surface area contributed by atoms with Crippen LogP contribution in [0.2, 0.25) is 0 Å². The molecule has 0 spiro atoms. The Labute approximate surface area is 216 Å². The molecule has 3 amide bonds. The second-order valence-electron chi connectivity index (χ2n) is 8.74. The predicted octanol–water partition coefficient (Wildman–Crippen LogP) is 6.12. The molecular weight excluding hydrogens is 474 g/mol. The molecule has 0 aliphatic carbocycles. The molecule has 0 atom stereocenters. The van der Waals surface area contributed by atoms with Crippen LogP contribution in [0.1, 0.15) is 46.5 Å². The number of nitrogens with zero attached hydrogens (tertiary/aromatic N) is 1. The van der Waals surface area contributed by atoms with Gasteiger partial charge in [0.05, 0.1) is 5.69 Å². The molecule has 1 heterocycles. The third-order valence-electron chi connectivity index (χ3n) is 6.32. The van der Waals surface area contributed by atoms with Crippen molar-refractivity contribution in [2.75, 3.05) is 15.5 Å². The van der Waals surface area contributed by atoms with E-state index in [4.69, 9.17) is 11.6 Å². The number of amides is 3. The van der Waals surface area contributed by atoms with E-state index in [1.165, 1.54) is 0 Å². The van der Waals surface area contributed by atoms with Crippen molar-refractivity contribution >= 4 is 46.4 Å². The van der Waals surface area contributed by atoms with Gasteiger partial charge >= 0.3 is 0 Å². The maximum absolute atomic E-state index is 13.2. The van der Waals surface area contributed by atoms with E-state index in [0.29, 0.717) is 16.9 Å². The van der Waals surface area contributed by atoms with Crippen molar-refractivity contribution < 1.29 is 14.4 Å². The summed E-state index contributed by atoms with van der Waals surface area (Å²) in [6, 6.07) is 18.2. The number of benzene rings is 3. The summed E-state index contributed by atoms with van der Waals surface area (Å²) in [6.07, 6.45) is 1.59. The van der Waals surface area contributed by atoms with Gasteiger partial charge in [-0.1, -0.05) is 67.4 Å². The number of carbonyl (C=O) groups is 3. The highest BCUT2D eigenvalue weighted by Gasteiger charge is 2.39. The molecule has 184 valence electrons. The summed E-state index contributed by atoms with van der Waals surface area (Å²) in [6.45, 7) is 7.87. The molecule has 0 aromatic heterocycles. The highest BCUT2D eigenvalue weighted by atomic mass is 35.5. The van der Waals surface area contributed by atoms with Gasteiger partial charge in [-0.25, -0.2) is 4.90 Å². The van der Waals surface area contributed by atoms with Crippen LogP contribution in [0.3, 0.4) is 0 Å². The number of nitrogens with one attached hydrogen (secondary N) is 2. The van der Waals surface area contributed by atoms with Gasteiger partial charge in [0.2, 0.25) is 0 Å². The van der Waals surface area contributed by atoms with Crippen molar-refractivity contribution in [3.8, 4) is 0 Å². The summed E-state index contributed by atoms with van der Waals surface area (Å²) < 4.78 is 0. The molecule has 36 heavy (non-hydrogen) atoms. The summed E-state index contributed by atoms with van der Waals surface area (Å²) in [4.78, 5) is 40.2. The molecule has 0 fully saturated rings. The molecule has 2 N–H and O–H groups in total. The van der Waals surface area contributed by atoms with Gasteiger partial charge in [-0.2, -0.15) is 0 Å². The van der Waals surface area contributed by atoms with Gasteiger partial charge in [0.25, 0.3) is 17.7 Å². The zero-order valence-corrected chi connectivity index (χ0v) is 21.5. The van der Waals surface area contributed by atoms with Crippen molar-refractivity contribution in [1.29, 1.82) is 0 Å². The molecule has 1 aliphatic rings. The molecule has 4 rings (SSSR count). The van der Waals surface area contributed by atoms with E-state index in [1.54, 1.807) is 30.3 Å². The average molecular weight is 502 g/mol. The standard InChI is InChI=1S/C29H28ClN3O3/c1-5-19-8-7-9-20(6-2)25(19)32-27(34)21-13-12-18(4)23(16-21)31-26-24(30)28(35)33(29(26)36)22-14-10-17(3)11-15-22/h7-16,31H,5-6H2,1-4H3,(H,32,34). The highest BCUT2D eigenvalue weighted by Crippen LogP contribution is 2.31. The first-order chi connectivity index (χ1) is 17.2. The molecule has 7 heteroatoms. The van der Waals surface area contributed by atoms with E-state index in [9.17, 15) is 14.4 Å². The van der Waals surface area contributed by atoms with E-state index in [1.807, 2.05) is 44.2 Å². The first kappa shape index (κ1) is 25.2. The Hall–Kier alpha value is -3.90. The Kier molecular flexibility index (Phi) is 7.27. The quantitative estimate of drug-likeness (QED) is 0.382. The van der Waals surface area contributed by atoms with Crippen LogP contribution < -0.4 is 15.5 Å². The third kappa shape index (κ3) is 4.77. The number of hydrogen-bond donors (Lipinski definition) is 2. The molecule has 0 bridgehead atoms. The van der Waals surface area contributed by atoms with Gasteiger partial charge in [0.1, 0.15) is 10.7 Å². The predicted molar refractivity (Wildman–Crippen MR) is 145 cm³/mol. The van der Waals surface area contributed by atoms with Crippen molar-refractivity contribution in [2.24, 2.45) is 0 Å². The lowest BCUT2D eigenvalue weighted by molar-refractivity contribution is -0.120. The zero-order chi connectivity index (χ0) is 26.0. The topological polar surface area (TPSA) is 78.5 Å². The zero-order valence-electron chi connectivity index (χ0n) is 20.7. The first-order valence-electron chi connectivity index (χ1n) is 11.9. The maximum atomic E-state index is 13.2. The van der Waals surface area contributed by atoms with E-state index >= 15 is 0 Å². The minimum atomic E-state index is -0.595. The van der Waals surface area contributed by atoms with Crippen LogP contribution in [0.15, 0.2) is 71.4 Å². The van der Waals surface area contributed by atoms with Crippen LogP contribution >= 0.6 is 11.6 Å². The monoisotopic (exact) mass is 501 g/mol. The fourth-order valence-electron chi connectivity index (χ4n) is 4.16. The van der Waals surface area contributed by atoms with Crippen molar-refractivity contribution in [1.82, 2.24) is 0 Å². The third-order valence-corrected chi connectivity index (χ3v) is 6.67. The maximum Gasteiger partial charge on any atom is 0.283 e. The number of halogens is 1. The van der Waals surface area contributed by atoms with Gasteiger partial charge < -0.3 is 10.6 Å². The fraction of sp³-hybridized carbons (Fsp3) is 0.207. The lowest BCUT2D eigenvalue weighted by atomic mass is 10.0. The van der Waals surface area contributed by atoms with Crippen LogP contribution in [-0.4, -0.2) is 17.7 Å². The van der Waals surface area contributed by atoms with Crippen LogP contribution in [0.4, 0.5) is 17.1 Å². The van der Waals surface area contributed by atoms with Crippen LogP contribution in [0.25, 0.3) is 0 Å². The number of anilines is 3. The molecule has 6 nitrogen and oxygen atoms in total. The Morgan fingerprint density at radius 3 is 2.14 bits per heavy atom. The Balaban J connectivity index is 1.60. The van der Waals surface area contributed by atoms with Crippen LogP contribution in [-0.2, 0) is 22.4 Å². The smallest absolute Gasteiger partial charge is 0.283 e. The summed E-state index contributed by atoms with van der Waals surface area (Å²) in [5.41, 5.74) is 6.12. The average Bonchev–Trinajstić information content (AvgIpc) is 3.08. The molecule has 3 aromatic rings. The van der Waals surface area contributed by atoms with E-state index < -0.39 is 11.8 Å². The number of para-hydroxylation sites is 1. The molecule has 1 aliphatic heterocycles. The van der Waals surface area contributed by atoms with Gasteiger partial charge in [-0.05, 0) is 67.6 Å². The lowest BCUT2D eigenvalue weighted by Gasteiger charge is -2.17. The minimum absolute atomic E-state index is 0.0208. The summed E-state index contributed by atoms with van der Waals surface area (Å²) in [5.74, 6) is -1.40. The Morgan fingerprint density at radius 2 is 1.53 bits per heavy atom. The van der Waals surface area contributed by atoms with Gasteiger partial charge in [0, 0.05) is 16.9 Å². The highest BCUT2D eigenvalue weighted by molar-refractivity contribution is 6.53. The van der Waals surface area contributed by atoms with Crippen molar-refractivity contribution in [3.05, 3.63) is 99.2 Å². The second-order valence-corrected chi connectivity index (χ2v) is 9.12. The van der Waals surface area contributed by atoms with Gasteiger partial charge in [-0.3, -0.25) is 14.4 Å². The van der Waals surface area contributed by atoms with E-state index in [-0.39, 0.29) is 16.6 Å². The molecular formula is C29H28ClN3O3. The second kappa shape index (κ2) is 10.4. The van der Waals surface area contributed by atoms with Crippen LogP contribution in [0, 0.1) is 13.8 Å². The largest absolute Gasteiger partial charge is 0.349 e. The summed E-state index contributed by atoms with van der Waals surface area (Å²) in [7, 11) is 0. The molecule has 0 radical (unpaired) electrons. The number of imide groups is 1. The lowest BCUT2D eigenvalue weighted by Crippen LogP contribution is -2.32. The Morgan fingerprint density at radius 1 is 0.889 bits per heavy atom. The number of hydrogen-bond acceptors (Lipinski definition) is 4. The number of aryl methyl sites for hydroxylation is 4. The van der Waals surface area contributed by atoms with E-state index in [2.05, 4.69) is 24.5 Å². The fourth-order valence-corrected chi connectivity index (χ4v) is 4.37. The molecule has 0 saturated heterocycles. The molecule has 0 saturated carbocycles.